The second-order valence-electron chi connectivity index (χ2n) is 4.91. The first-order chi connectivity index (χ1) is 9.38. The predicted octanol–water partition coefficient (Wildman–Crippen LogP) is -0.651. The lowest BCUT2D eigenvalue weighted by molar-refractivity contribution is -0.128. The molecule has 0 bridgehead atoms. The molecular weight excluding hydrogens is 284 g/mol. The molecule has 1 saturated carbocycles. The standard InChI is InChI=1S/C11H22N4O4S/c1-13-20(18,19)8-7-14-10(16)11(9(12)15-17)5-3-2-4-6-11/h13,17H,2-8H2,1H3,(H2,12,15)(H,14,16). The van der Waals surface area contributed by atoms with Crippen LogP contribution in [-0.4, -0.2) is 44.7 Å². The number of nitrogens with one attached hydrogen (secondary N) is 2. The van der Waals surface area contributed by atoms with Gasteiger partial charge in [-0.3, -0.25) is 4.79 Å². The fraction of sp³-hybridized carbons (Fsp3) is 0.818. The third kappa shape index (κ3) is 3.83. The Labute approximate surface area is 118 Å². The highest BCUT2D eigenvalue weighted by atomic mass is 32.2. The second kappa shape index (κ2) is 6.89. The minimum atomic E-state index is -3.37. The summed E-state index contributed by atoms with van der Waals surface area (Å²) >= 11 is 0. The van der Waals surface area contributed by atoms with E-state index in [0.717, 1.165) is 19.3 Å². The Balaban J connectivity index is 2.70. The number of carbonyl (C=O) groups is 1. The summed E-state index contributed by atoms with van der Waals surface area (Å²) in [5, 5.41) is 14.4. The summed E-state index contributed by atoms with van der Waals surface area (Å²) in [7, 11) is -2.05. The van der Waals surface area contributed by atoms with Crippen LogP contribution in [0.1, 0.15) is 32.1 Å². The maximum atomic E-state index is 12.3. The van der Waals surface area contributed by atoms with Gasteiger partial charge < -0.3 is 16.3 Å². The maximum absolute atomic E-state index is 12.3. The molecule has 0 aromatic carbocycles. The van der Waals surface area contributed by atoms with Gasteiger partial charge in [0.15, 0.2) is 5.84 Å². The molecule has 8 nitrogen and oxygen atoms in total. The molecule has 116 valence electrons. The normalized spacial score (nSPS) is 19.6. The van der Waals surface area contributed by atoms with E-state index in [1.807, 2.05) is 0 Å². The summed E-state index contributed by atoms with van der Waals surface area (Å²) in [6.07, 6.45) is 3.65. The molecule has 5 N–H and O–H groups in total. The molecule has 1 amide bonds. The zero-order valence-corrected chi connectivity index (χ0v) is 12.4. The van der Waals surface area contributed by atoms with Crippen LogP contribution in [0, 0.1) is 5.41 Å². The van der Waals surface area contributed by atoms with Crippen LogP contribution in [-0.2, 0) is 14.8 Å². The monoisotopic (exact) mass is 306 g/mol. The van der Waals surface area contributed by atoms with Gasteiger partial charge in [-0.1, -0.05) is 24.4 Å². The number of nitrogens with zero attached hydrogens (tertiary/aromatic N) is 1. The average Bonchev–Trinajstić information content (AvgIpc) is 2.46. The van der Waals surface area contributed by atoms with Crippen LogP contribution >= 0.6 is 0 Å². The van der Waals surface area contributed by atoms with E-state index in [0.29, 0.717) is 12.8 Å². The van der Waals surface area contributed by atoms with E-state index >= 15 is 0 Å². The Hall–Kier alpha value is -1.35. The van der Waals surface area contributed by atoms with Crippen LogP contribution in [0.3, 0.4) is 0 Å². The summed E-state index contributed by atoms with van der Waals surface area (Å²) in [5.41, 5.74) is 4.66. The van der Waals surface area contributed by atoms with Crippen LogP contribution in [0.15, 0.2) is 5.16 Å². The van der Waals surface area contributed by atoms with Crippen molar-refractivity contribution in [2.75, 3.05) is 19.3 Å². The summed E-state index contributed by atoms with van der Waals surface area (Å²) < 4.78 is 24.7. The SMILES string of the molecule is CNS(=O)(=O)CCNC(=O)C1(C(N)=NO)CCCCC1. The van der Waals surface area contributed by atoms with E-state index in [2.05, 4.69) is 15.2 Å². The number of carbonyl (C=O) groups excluding carboxylic acids is 1. The van der Waals surface area contributed by atoms with Crippen molar-refractivity contribution >= 4 is 21.8 Å². The van der Waals surface area contributed by atoms with E-state index in [4.69, 9.17) is 10.9 Å². The van der Waals surface area contributed by atoms with Gasteiger partial charge in [0.1, 0.15) is 5.41 Å². The van der Waals surface area contributed by atoms with Crippen LogP contribution in [0.4, 0.5) is 0 Å². The van der Waals surface area contributed by atoms with Gasteiger partial charge in [-0.05, 0) is 19.9 Å². The molecule has 0 aromatic heterocycles. The molecule has 20 heavy (non-hydrogen) atoms. The number of sulfonamides is 1. The summed E-state index contributed by atoms with van der Waals surface area (Å²) in [5.74, 6) is -0.688. The predicted molar refractivity (Wildman–Crippen MR) is 74.8 cm³/mol. The van der Waals surface area contributed by atoms with Crippen LogP contribution in [0.2, 0.25) is 0 Å². The Bertz CT molecular complexity index is 469. The number of hydrogen-bond acceptors (Lipinski definition) is 5. The summed E-state index contributed by atoms with van der Waals surface area (Å²) in [6, 6.07) is 0. The van der Waals surface area contributed by atoms with E-state index in [1.165, 1.54) is 7.05 Å². The molecule has 0 saturated heterocycles. The Morgan fingerprint density at radius 1 is 1.35 bits per heavy atom. The summed E-state index contributed by atoms with van der Waals surface area (Å²) in [4.78, 5) is 12.3. The van der Waals surface area contributed by atoms with Crippen molar-refractivity contribution in [3.05, 3.63) is 0 Å². The molecule has 0 atom stereocenters. The molecular formula is C11H22N4O4S. The smallest absolute Gasteiger partial charge is 0.233 e. The van der Waals surface area contributed by atoms with Crippen molar-refractivity contribution in [1.82, 2.24) is 10.0 Å². The number of hydrogen-bond donors (Lipinski definition) is 4. The second-order valence-corrected chi connectivity index (χ2v) is 6.95. The summed E-state index contributed by atoms with van der Waals surface area (Å²) in [6.45, 7) is -0.0114. The molecule has 0 aromatic rings. The van der Waals surface area contributed by atoms with Crippen molar-refractivity contribution in [3.63, 3.8) is 0 Å². The lowest BCUT2D eigenvalue weighted by atomic mass is 9.72. The number of oxime groups is 1. The average molecular weight is 306 g/mol. The number of amidine groups is 1. The molecule has 0 aliphatic heterocycles. The fourth-order valence-corrected chi connectivity index (χ4v) is 3.00. The third-order valence-corrected chi connectivity index (χ3v) is 5.07. The molecule has 0 unspecified atom stereocenters. The first kappa shape index (κ1) is 16.7. The van der Waals surface area contributed by atoms with Gasteiger partial charge in [0, 0.05) is 6.54 Å². The zero-order chi connectivity index (χ0) is 15.2. The highest BCUT2D eigenvalue weighted by molar-refractivity contribution is 7.89. The quantitative estimate of drug-likeness (QED) is 0.224. The molecule has 9 heteroatoms. The van der Waals surface area contributed by atoms with Gasteiger partial charge >= 0.3 is 0 Å². The maximum Gasteiger partial charge on any atom is 0.233 e. The molecule has 1 fully saturated rings. The minimum absolute atomic E-state index is 0.0114. The van der Waals surface area contributed by atoms with Gasteiger partial charge in [0.2, 0.25) is 15.9 Å². The van der Waals surface area contributed by atoms with E-state index in [-0.39, 0.29) is 24.0 Å². The van der Waals surface area contributed by atoms with E-state index in [1.54, 1.807) is 0 Å². The fourth-order valence-electron chi connectivity index (χ4n) is 2.42. The Kier molecular flexibility index (Phi) is 5.75. The number of amides is 1. The topological polar surface area (TPSA) is 134 Å². The lowest BCUT2D eigenvalue weighted by Gasteiger charge is -2.34. The molecule has 1 rings (SSSR count). The number of nitrogens with two attached hydrogens (primary N) is 1. The molecule has 0 heterocycles. The third-order valence-electron chi connectivity index (χ3n) is 3.71. The van der Waals surface area contributed by atoms with Gasteiger partial charge in [-0.25, -0.2) is 13.1 Å². The van der Waals surface area contributed by atoms with Crippen molar-refractivity contribution in [1.29, 1.82) is 0 Å². The van der Waals surface area contributed by atoms with Crippen molar-refractivity contribution in [2.24, 2.45) is 16.3 Å². The lowest BCUT2D eigenvalue weighted by Crippen LogP contribution is -2.51. The minimum Gasteiger partial charge on any atom is -0.409 e. The highest BCUT2D eigenvalue weighted by Gasteiger charge is 2.43. The first-order valence-corrected chi connectivity index (χ1v) is 8.21. The van der Waals surface area contributed by atoms with Crippen LogP contribution < -0.4 is 15.8 Å². The first-order valence-electron chi connectivity index (χ1n) is 6.55. The van der Waals surface area contributed by atoms with Crippen molar-refractivity contribution in [2.45, 2.75) is 32.1 Å². The van der Waals surface area contributed by atoms with Gasteiger partial charge in [0.05, 0.1) is 5.75 Å². The molecule has 1 aliphatic rings. The molecule has 0 spiro atoms. The van der Waals surface area contributed by atoms with Gasteiger partial charge in [0.25, 0.3) is 0 Å². The highest BCUT2D eigenvalue weighted by Crippen LogP contribution is 2.36. The van der Waals surface area contributed by atoms with Gasteiger partial charge in [-0.15, -0.1) is 0 Å². The van der Waals surface area contributed by atoms with Crippen molar-refractivity contribution < 1.29 is 18.4 Å². The zero-order valence-electron chi connectivity index (χ0n) is 11.6. The van der Waals surface area contributed by atoms with Crippen molar-refractivity contribution in [3.8, 4) is 0 Å². The molecule has 0 radical (unpaired) electrons. The Morgan fingerprint density at radius 2 is 1.95 bits per heavy atom. The van der Waals surface area contributed by atoms with Crippen LogP contribution in [0.5, 0.6) is 0 Å². The largest absolute Gasteiger partial charge is 0.409 e. The van der Waals surface area contributed by atoms with E-state index < -0.39 is 15.4 Å². The van der Waals surface area contributed by atoms with Gasteiger partial charge in [-0.2, -0.15) is 0 Å². The molecule has 1 aliphatic carbocycles. The Morgan fingerprint density at radius 3 is 2.45 bits per heavy atom. The number of rotatable bonds is 6. The van der Waals surface area contributed by atoms with E-state index in [9.17, 15) is 13.2 Å². The van der Waals surface area contributed by atoms with Crippen LogP contribution in [0.25, 0.3) is 0 Å².